The molecule has 2 aromatic rings. The van der Waals surface area contributed by atoms with Crippen molar-refractivity contribution < 1.29 is 13.2 Å². The zero-order valence-corrected chi connectivity index (χ0v) is 10.5. The second-order valence-corrected chi connectivity index (χ2v) is 4.38. The molecule has 0 aromatic heterocycles. The molecule has 1 atom stereocenters. The number of halogens is 3. The van der Waals surface area contributed by atoms with E-state index in [-0.39, 0.29) is 11.6 Å². The molecular weight excluding hydrogens is 251 g/mol. The number of rotatable bonds is 3. The fraction of sp³-hybridized carbons (Fsp3) is 0.200. The van der Waals surface area contributed by atoms with Crippen molar-refractivity contribution in [2.75, 3.05) is 0 Å². The van der Waals surface area contributed by atoms with Crippen molar-refractivity contribution in [1.29, 1.82) is 0 Å². The summed E-state index contributed by atoms with van der Waals surface area (Å²) in [7, 11) is 0. The Bertz CT molecular complexity index is 573. The van der Waals surface area contributed by atoms with E-state index in [2.05, 4.69) is 0 Å². The highest BCUT2D eigenvalue weighted by Crippen LogP contribution is 2.29. The van der Waals surface area contributed by atoms with Gasteiger partial charge in [0.2, 0.25) is 0 Å². The molecule has 4 heteroatoms. The minimum absolute atomic E-state index is 0.188. The van der Waals surface area contributed by atoms with Crippen LogP contribution in [0.25, 0.3) is 11.1 Å². The van der Waals surface area contributed by atoms with Gasteiger partial charge in [-0.15, -0.1) is 0 Å². The van der Waals surface area contributed by atoms with E-state index in [1.807, 2.05) is 6.92 Å². The molecule has 0 aliphatic heterocycles. The number of benzene rings is 2. The highest BCUT2D eigenvalue weighted by Gasteiger charge is 2.14. The third kappa shape index (κ3) is 2.79. The van der Waals surface area contributed by atoms with Gasteiger partial charge in [-0.2, -0.15) is 0 Å². The quantitative estimate of drug-likeness (QED) is 0.885. The molecule has 1 nitrogen and oxygen atoms in total. The Morgan fingerprint density at radius 1 is 1.05 bits per heavy atom. The van der Waals surface area contributed by atoms with E-state index in [0.29, 0.717) is 17.7 Å². The predicted octanol–water partition coefficient (Wildman–Crippen LogP) is 4.18. The molecule has 0 bridgehead atoms. The summed E-state index contributed by atoms with van der Waals surface area (Å²) in [4.78, 5) is 0. The van der Waals surface area contributed by atoms with Gasteiger partial charge in [0.1, 0.15) is 17.5 Å². The van der Waals surface area contributed by atoms with Crippen molar-refractivity contribution in [2.24, 2.45) is 5.73 Å². The molecular formula is C15H14F3N. The molecule has 0 spiro atoms. The molecule has 100 valence electrons. The van der Waals surface area contributed by atoms with Gasteiger partial charge in [-0.3, -0.25) is 0 Å². The first-order chi connectivity index (χ1) is 9.02. The molecule has 2 rings (SSSR count). The van der Waals surface area contributed by atoms with Gasteiger partial charge in [0, 0.05) is 18.2 Å². The van der Waals surface area contributed by atoms with Gasteiger partial charge in [0.05, 0.1) is 5.56 Å². The minimum Gasteiger partial charge on any atom is -0.324 e. The summed E-state index contributed by atoms with van der Waals surface area (Å²) in [5.74, 6) is -2.76. The summed E-state index contributed by atoms with van der Waals surface area (Å²) in [6, 6.07) is 7.85. The van der Waals surface area contributed by atoms with Crippen molar-refractivity contribution >= 4 is 0 Å². The third-order valence-corrected chi connectivity index (χ3v) is 3.05. The lowest BCUT2D eigenvalue weighted by atomic mass is 9.98. The normalized spacial score (nSPS) is 12.5. The smallest absolute Gasteiger partial charge is 0.136 e. The molecule has 0 radical (unpaired) electrons. The monoisotopic (exact) mass is 265 g/mol. The molecule has 0 saturated carbocycles. The van der Waals surface area contributed by atoms with Crippen LogP contribution >= 0.6 is 0 Å². The van der Waals surface area contributed by atoms with Crippen LogP contribution in [0.3, 0.4) is 0 Å². The van der Waals surface area contributed by atoms with E-state index < -0.39 is 17.5 Å². The topological polar surface area (TPSA) is 26.0 Å². The van der Waals surface area contributed by atoms with Crippen molar-refractivity contribution in [1.82, 2.24) is 0 Å². The highest BCUT2D eigenvalue weighted by molar-refractivity contribution is 5.65. The molecule has 0 saturated heterocycles. The molecule has 19 heavy (non-hydrogen) atoms. The Kier molecular flexibility index (Phi) is 3.90. The summed E-state index contributed by atoms with van der Waals surface area (Å²) in [5.41, 5.74) is 6.82. The van der Waals surface area contributed by atoms with Crippen LogP contribution in [-0.2, 0) is 0 Å². The fourth-order valence-corrected chi connectivity index (χ4v) is 1.98. The molecule has 0 amide bonds. The largest absolute Gasteiger partial charge is 0.324 e. The maximum atomic E-state index is 13.7. The zero-order chi connectivity index (χ0) is 14.0. The first-order valence-corrected chi connectivity index (χ1v) is 6.03. The van der Waals surface area contributed by atoms with Crippen LogP contribution in [0.1, 0.15) is 24.9 Å². The van der Waals surface area contributed by atoms with Gasteiger partial charge in [-0.05, 0) is 23.6 Å². The lowest BCUT2D eigenvalue weighted by Crippen LogP contribution is -2.08. The summed E-state index contributed by atoms with van der Waals surface area (Å²) < 4.78 is 40.3. The molecule has 1 unspecified atom stereocenters. The Labute approximate surface area is 109 Å². The maximum Gasteiger partial charge on any atom is 0.136 e. The first-order valence-electron chi connectivity index (χ1n) is 6.03. The summed E-state index contributed by atoms with van der Waals surface area (Å²) >= 11 is 0. The molecule has 0 fully saturated rings. The van der Waals surface area contributed by atoms with E-state index in [4.69, 9.17) is 5.73 Å². The first kappa shape index (κ1) is 13.6. The molecule has 0 aliphatic rings. The maximum absolute atomic E-state index is 13.7. The van der Waals surface area contributed by atoms with Crippen LogP contribution in [0.2, 0.25) is 0 Å². The number of hydrogen-bond acceptors (Lipinski definition) is 1. The second kappa shape index (κ2) is 5.45. The van der Waals surface area contributed by atoms with Crippen molar-refractivity contribution in [3.05, 3.63) is 59.4 Å². The molecule has 0 aliphatic carbocycles. The van der Waals surface area contributed by atoms with Crippen molar-refractivity contribution in [3.8, 4) is 11.1 Å². The highest BCUT2D eigenvalue weighted by atomic mass is 19.1. The molecule has 2 aromatic carbocycles. The van der Waals surface area contributed by atoms with Gasteiger partial charge in [-0.1, -0.05) is 25.1 Å². The average Bonchev–Trinajstić information content (AvgIpc) is 2.37. The third-order valence-electron chi connectivity index (χ3n) is 3.05. The van der Waals surface area contributed by atoms with Crippen molar-refractivity contribution in [2.45, 2.75) is 19.4 Å². The van der Waals surface area contributed by atoms with Crippen LogP contribution < -0.4 is 5.73 Å². The number of hydrogen-bond donors (Lipinski definition) is 1. The van der Waals surface area contributed by atoms with E-state index in [9.17, 15) is 13.2 Å². The second-order valence-electron chi connectivity index (χ2n) is 4.38. The Balaban J connectivity index is 2.54. The van der Waals surface area contributed by atoms with Gasteiger partial charge >= 0.3 is 0 Å². The van der Waals surface area contributed by atoms with Gasteiger partial charge < -0.3 is 5.73 Å². The fourth-order valence-electron chi connectivity index (χ4n) is 1.98. The van der Waals surface area contributed by atoms with Gasteiger partial charge in [-0.25, -0.2) is 13.2 Å². The predicted molar refractivity (Wildman–Crippen MR) is 69.0 cm³/mol. The SMILES string of the molecule is CCC(N)c1cccc(-c2c(F)cc(F)cc2F)c1. The standard InChI is InChI=1S/C15H14F3N/c1-2-14(19)9-4-3-5-10(6-9)15-12(17)7-11(16)8-13(15)18/h3-8,14H,2,19H2,1H3. The lowest BCUT2D eigenvalue weighted by Gasteiger charge is -2.12. The molecule has 0 heterocycles. The summed E-state index contributed by atoms with van der Waals surface area (Å²) in [6.45, 7) is 1.93. The zero-order valence-electron chi connectivity index (χ0n) is 10.5. The minimum atomic E-state index is -0.930. The Morgan fingerprint density at radius 3 is 2.26 bits per heavy atom. The number of nitrogens with two attached hydrogens (primary N) is 1. The van der Waals surface area contributed by atoms with Crippen LogP contribution in [0.15, 0.2) is 36.4 Å². The van der Waals surface area contributed by atoms with E-state index >= 15 is 0 Å². The lowest BCUT2D eigenvalue weighted by molar-refractivity contribution is 0.548. The van der Waals surface area contributed by atoms with Crippen LogP contribution in [0.4, 0.5) is 13.2 Å². The van der Waals surface area contributed by atoms with Crippen LogP contribution in [0, 0.1) is 17.5 Å². The van der Waals surface area contributed by atoms with Crippen LogP contribution in [0.5, 0.6) is 0 Å². The van der Waals surface area contributed by atoms with Crippen LogP contribution in [-0.4, -0.2) is 0 Å². The van der Waals surface area contributed by atoms with E-state index in [1.165, 1.54) is 0 Å². The van der Waals surface area contributed by atoms with Crippen molar-refractivity contribution in [3.63, 3.8) is 0 Å². The summed E-state index contributed by atoms with van der Waals surface area (Å²) in [5, 5.41) is 0. The Morgan fingerprint density at radius 2 is 1.68 bits per heavy atom. The Hall–Kier alpha value is -1.81. The average molecular weight is 265 g/mol. The van der Waals surface area contributed by atoms with Gasteiger partial charge in [0.15, 0.2) is 0 Å². The van der Waals surface area contributed by atoms with E-state index in [0.717, 1.165) is 12.0 Å². The summed E-state index contributed by atoms with van der Waals surface area (Å²) in [6.07, 6.45) is 0.720. The molecule has 2 N–H and O–H groups in total. The van der Waals surface area contributed by atoms with E-state index in [1.54, 1.807) is 24.3 Å². The van der Waals surface area contributed by atoms with Gasteiger partial charge in [0.25, 0.3) is 0 Å².